The molecule has 20 heavy (non-hydrogen) atoms. The Morgan fingerprint density at radius 3 is 2.85 bits per heavy atom. The Balaban J connectivity index is 2.28. The predicted molar refractivity (Wildman–Crippen MR) is 78.2 cm³/mol. The van der Waals surface area contributed by atoms with E-state index >= 15 is 0 Å². The van der Waals surface area contributed by atoms with Crippen LogP contribution in [-0.4, -0.2) is 29.3 Å². The molecule has 2 rings (SSSR count). The quantitative estimate of drug-likeness (QED) is 0.897. The number of nitrogens with one attached hydrogen (secondary N) is 1. The number of rotatable bonds is 3. The lowest BCUT2D eigenvalue weighted by atomic mass is 10.2. The average molecular weight is 314 g/mol. The molecule has 1 aromatic rings. The highest BCUT2D eigenvalue weighted by Crippen LogP contribution is 2.28. The third kappa shape index (κ3) is 3.26. The number of carboxylic acid groups (broad SMARTS) is 1. The van der Waals surface area contributed by atoms with Crippen LogP contribution < -0.4 is 5.32 Å². The third-order valence-electron chi connectivity index (χ3n) is 2.63. The Morgan fingerprint density at radius 2 is 2.20 bits per heavy atom. The van der Waals surface area contributed by atoms with Crippen LogP contribution >= 0.6 is 23.4 Å². The highest BCUT2D eigenvalue weighted by molar-refractivity contribution is 8.04. The van der Waals surface area contributed by atoms with Gasteiger partial charge in [-0.1, -0.05) is 11.6 Å². The van der Waals surface area contributed by atoms with Crippen molar-refractivity contribution in [1.29, 1.82) is 0 Å². The summed E-state index contributed by atoms with van der Waals surface area (Å²) < 4.78 is 5.31. The van der Waals surface area contributed by atoms with Crippen LogP contribution in [0.2, 0.25) is 5.02 Å². The van der Waals surface area contributed by atoms with E-state index in [1.807, 2.05) is 0 Å². The van der Waals surface area contributed by atoms with Crippen LogP contribution in [0.25, 0.3) is 0 Å². The molecule has 106 valence electrons. The van der Waals surface area contributed by atoms with E-state index in [0.717, 1.165) is 0 Å². The molecule has 0 bridgehead atoms. The van der Waals surface area contributed by atoms with Crippen molar-refractivity contribution in [2.45, 2.75) is 6.92 Å². The molecule has 0 atom stereocenters. The molecule has 0 fully saturated rings. The molecule has 0 aliphatic carbocycles. The van der Waals surface area contributed by atoms with Gasteiger partial charge in [-0.15, -0.1) is 11.8 Å². The maximum atomic E-state index is 12.2. The van der Waals surface area contributed by atoms with Crippen molar-refractivity contribution in [3.8, 4) is 0 Å². The molecule has 5 nitrogen and oxygen atoms in total. The van der Waals surface area contributed by atoms with Gasteiger partial charge in [0.25, 0.3) is 5.91 Å². The molecule has 0 unspecified atom stereocenters. The number of carbonyl (C=O) groups is 2. The number of anilines is 1. The summed E-state index contributed by atoms with van der Waals surface area (Å²) in [7, 11) is 0. The van der Waals surface area contributed by atoms with Crippen LogP contribution in [0.3, 0.4) is 0 Å². The lowest BCUT2D eigenvalue weighted by Gasteiger charge is -2.18. The van der Waals surface area contributed by atoms with Gasteiger partial charge in [-0.2, -0.15) is 0 Å². The highest BCUT2D eigenvalue weighted by atomic mass is 35.5. The molecule has 0 spiro atoms. The van der Waals surface area contributed by atoms with Crippen LogP contribution in [0.15, 0.2) is 28.9 Å². The van der Waals surface area contributed by atoms with Gasteiger partial charge in [0.2, 0.25) is 0 Å². The Hall–Kier alpha value is -1.66. The number of halogens is 1. The second kappa shape index (κ2) is 6.19. The zero-order valence-corrected chi connectivity index (χ0v) is 12.2. The number of amides is 1. The van der Waals surface area contributed by atoms with Crippen LogP contribution in [-0.2, 0) is 9.53 Å². The lowest BCUT2D eigenvalue weighted by molar-refractivity contribution is -0.112. The van der Waals surface area contributed by atoms with Gasteiger partial charge in [0.05, 0.1) is 17.9 Å². The molecular formula is C13H12ClNO4S. The standard InChI is InChI=1S/C13H12ClNO4S/c1-7-11(20-5-4-19-7)12(16)15-10-6-8(14)2-3-9(10)13(17)18/h2-3,6H,4-5H2,1H3,(H,15,16)(H,17,18). The summed E-state index contributed by atoms with van der Waals surface area (Å²) in [6, 6.07) is 4.23. The second-order valence-corrected chi connectivity index (χ2v) is 5.57. The summed E-state index contributed by atoms with van der Waals surface area (Å²) >= 11 is 7.21. The van der Waals surface area contributed by atoms with Gasteiger partial charge >= 0.3 is 5.97 Å². The maximum Gasteiger partial charge on any atom is 0.337 e. The summed E-state index contributed by atoms with van der Waals surface area (Å²) in [5.41, 5.74) is 0.157. The van der Waals surface area contributed by atoms with Gasteiger partial charge in [-0.25, -0.2) is 4.79 Å². The molecule has 1 heterocycles. The fourth-order valence-corrected chi connectivity index (χ4v) is 2.70. The maximum absolute atomic E-state index is 12.2. The Kier molecular flexibility index (Phi) is 4.57. The van der Waals surface area contributed by atoms with Gasteiger partial charge in [-0.05, 0) is 25.1 Å². The minimum absolute atomic E-state index is 0.0114. The van der Waals surface area contributed by atoms with Crippen LogP contribution in [0.5, 0.6) is 0 Å². The van der Waals surface area contributed by atoms with E-state index in [0.29, 0.717) is 28.0 Å². The largest absolute Gasteiger partial charge is 0.496 e. The highest BCUT2D eigenvalue weighted by Gasteiger charge is 2.21. The number of allylic oxidation sites excluding steroid dienone is 1. The number of carboxylic acids is 1. The second-order valence-electron chi connectivity index (χ2n) is 4.03. The van der Waals surface area contributed by atoms with E-state index in [9.17, 15) is 9.59 Å². The summed E-state index contributed by atoms with van der Waals surface area (Å²) in [5, 5.41) is 12.0. The first-order valence-electron chi connectivity index (χ1n) is 5.79. The number of ether oxygens (including phenoxy) is 1. The zero-order chi connectivity index (χ0) is 14.7. The lowest BCUT2D eigenvalue weighted by Crippen LogP contribution is -2.19. The summed E-state index contributed by atoms with van der Waals surface area (Å²) in [6.45, 7) is 2.27. The Bertz CT molecular complexity index is 600. The molecule has 1 aliphatic rings. The van der Waals surface area contributed by atoms with Gasteiger partial charge in [0.1, 0.15) is 10.7 Å². The van der Waals surface area contributed by atoms with Crippen molar-refractivity contribution in [2.24, 2.45) is 0 Å². The van der Waals surface area contributed by atoms with E-state index in [4.69, 9.17) is 21.4 Å². The SMILES string of the molecule is CC1=C(C(=O)Nc2cc(Cl)ccc2C(=O)O)SCCO1. The number of thioether (sulfide) groups is 1. The van der Waals surface area contributed by atoms with Crippen LogP contribution in [0.4, 0.5) is 5.69 Å². The van der Waals surface area contributed by atoms with E-state index in [2.05, 4.69) is 5.32 Å². The molecular weight excluding hydrogens is 302 g/mol. The van der Waals surface area contributed by atoms with Crippen LogP contribution in [0, 0.1) is 0 Å². The molecule has 2 N–H and O–H groups in total. The number of hydrogen-bond acceptors (Lipinski definition) is 4. The molecule has 0 saturated heterocycles. The number of carbonyl (C=O) groups excluding carboxylic acids is 1. The zero-order valence-electron chi connectivity index (χ0n) is 10.6. The fourth-order valence-electron chi connectivity index (χ4n) is 1.72. The average Bonchev–Trinajstić information content (AvgIpc) is 2.38. The molecule has 0 radical (unpaired) electrons. The van der Waals surface area contributed by atoms with Crippen molar-refractivity contribution in [2.75, 3.05) is 17.7 Å². The molecule has 1 amide bonds. The molecule has 1 aliphatic heterocycles. The summed E-state index contributed by atoms with van der Waals surface area (Å²) in [4.78, 5) is 23.7. The van der Waals surface area contributed by atoms with Crippen LogP contribution in [0.1, 0.15) is 17.3 Å². The number of hydrogen-bond donors (Lipinski definition) is 2. The predicted octanol–water partition coefficient (Wildman–Crippen LogP) is 2.97. The first-order valence-corrected chi connectivity index (χ1v) is 7.16. The van der Waals surface area contributed by atoms with Gasteiger partial charge in [-0.3, -0.25) is 4.79 Å². The van der Waals surface area contributed by atoms with Crippen molar-refractivity contribution in [3.63, 3.8) is 0 Å². The topological polar surface area (TPSA) is 75.6 Å². The van der Waals surface area contributed by atoms with E-state index < -0.39 is 11.9 Å². The minimum Gasteiger partial charge on any atom is -0.496 e. The third-order valence-corrected chi connectivity index (χ3v) is 4.00. The smallest absolute Gasteiger partial charge is 0.337 e. The summed E-state index contributed by atoms with van der Waals surface area (Å²) in [6.07, 6.45) is 0. The van der Waals surface area contributed by atoms with Crippen molar-refractivity contribution in [1.82, 2.24) is 0 Å². The number of aromatic carboxylic acids is 1. The minimum atomic E-state index is -1.13. The van der Waals surface area contributed by atoms with Gasteiger partial charge in [0.15, 0.2) is 0 Å². The Labute approximate surface area is 124 Å². The summed E-state index contributed by atoms with van der Waals surface area (Å²) in [5.74, 6) is -0.300. The van der Waals surface area contributed by atoms with E-state index in [1.54, 1.807) is 6.92 Å². The van der Waals surface area contributed by atoms with Crippen molar-refractivity contribution >= 4 is 40.9 Å². The van der Waals surface area contributed by atoms with E-state index in [-0.39, 0.29) is 11.3 Å². The molecule has 0 saturated carbocycles. The van der Waals surface area contributed by atoms with Gasteiger partial charge in [0, 0.05) is 10.8 Å². The number of benzene rings is 1. The van der Waals surface area contributed by atoms with Crippen molar-refractivity contribution in [3.05, 3.63) is 39.4 Å². The first kappa shape index (κ1) is 14.7. The normalized spacial score (nSPS) is 14.7. The van der Waals surface area contributed by atoms with Gasteiger partial charge < -0.3 is 15.2 Å². The molecule has 1 aromatic carbocycles. The molecule has 7 heteroatoms. The van der Waals surface area contributed by atoms with E-state index in [1.165, 1.54) is 30.0 Å². The molecule has 0 aromatic heterocycles. The Morgan fingerprint density at radius 1 is 1.45 bits per heavy atom. The fraction of sp³-hybridized carbons (Fsp3) is 0.231. The first-order chi connectivity index (χ1) is 9.49. The van der Waals surface area contributed by atoms with Crippen molar-refractivity contribution < 1.29 is 19.4 Å². The monoisotopic (exact) mass is 313 g/mol.